The molecule has 3 heteroatoms. The number of hydrogen-bond acceptors (Lipinski definition) is 1. The quantitative estimate of drug-likeness (QED) is 0.691. The molecule has 2 aromatic carbocycles. The van der Waals surface area contributed by atoms with E-state index < -0.39 is 0 Å². The standard InChI is InChI=1S/C13H10Br2O/c14-13(15)10-5-4-8-12(9-10)16-11-6-2-1-3-7-11/h1-9,13H. The third-order valence-corrected chi connectivity index (χ3v) is 3.15. The van der Waals surface area contributed by atoms with Crippen LogP contribution < -0.4 is 4.74 Å². The van der Waals surface area contributed by atoms with Crippen molar-refractivity contribution in [1.29, 1.82) is 0 Å². The molecule has 0 heterocycles. The summed E-state index contributed by atoms with van der Waals surface area (Å²) in [5, 5.41) is 0. The highest BCUT2D eigenvalue weighted by Gasteiger charge is 2.04. The highest BCUT2D eigenvalue weighted by atomic mass is 79.9. The molecule has 0 fully saturated rings. The Hall–Kier alpha value is -0.800. The number of benzene rings is 2. The van der Waals surface area contributed by atoms with Gasteiger partial charge >= 0.3 is 0 Å². The van der Waals surface area contributed by atoms with Gasteiger partial charge in [0.1, 0.15) is 11.5 Å². The minimum atomic E-state index is 0.152. The first-order valence-electron chi connectivity index (χ1n) is 4.87. The van der Waals surface area contributed by atoms with Crippen LogP contribution >= 0.6 is 31.9 Å². The van der Waals surface area contributed by atoms with Gasteiger partial charge in [-0.3, -0.25) is 0 Å². The first-order valence-corrected chi connectivity index (χ1v) is 6.70. The highest BCUT2D eigenvalue weighted by molar-refractivity contribution is 9.24. The van der Waals surface area contributed by atoms with Crippen molar-refractivity contribution >= 4 is 31.9 Å². The number of ether oxygens (including phenoxy) is 1. The minimum absolute atomic E-state index is 0.152. The van der Waals surface area contributed by atoms with E-state index in [1.807, 2.05) is 54.6 Å². The van der Waals surface area contributed by atoms with Crippen LogP contribution in [0.3, 0.4) is 0 Å². The van der Waals surface area contributed by atoms with Gasteiger partial charge in [0.05, 0.1) is 3.74 Å². The largest absolute Gasteiger partial charge is 0.457 e. The molecule has 2 rings (SSSR count). The summed E-state index contributed by atoms with van der Waals surface area (Å²) in [6.45, 7) is 0. The van der Waals surface area contributed by atoms with E-state index in [0.29, 0.717) is 0 Å². The predicted molar refractivity (Wildman–Crippen MR) is 73.6 cm³/mol. The zero-order valence-corrected chi connectivity index (χ0v) is 11.6. The summed E-state index contributed by atoms with van der Waals surface area (Å²) in [6.07, 6.45) is 0. The lowest BCUT2D eigenvalue weighted by molar-refractivity contribution is 0.482. The maximum atomic E-state index is 5.73. The van der Waals surface area contributed by atoms with Crippen LogP contribution in [0.25, 0.3) is 0 Å². The zero-order chi connectivity index (χ0) is 11.4. The maximum Gasteiger partial charge on any atom is 0.127 e. The van der Waals surface area contributed by atoms with Crippen LogP contribution in [0.2, 0.25) is 0 Å². The molecule has 0 saturated carbocycles. The number of rotatable bonds is 3. The van der Waals surface area contributed by atoms with Crippen LogP contribution in [0.4, 0.5) is 0 Å². The van der Waals surface area contributed by atoms with Gasteiger partial charge in [-0.25, -0.2) is 0 Å². The summed E-state index contributed by atoms with van der Waals surface area (Å²) in [6, 6.07) is 17.7. The smallest absolute Gasteiger partial charge is 0.127 e. The average molecular weight is 342 g/mol. The molecule has 16 heavy (non-hydrogen) atoms. The Kier molecular flexibility index (Phi) is 4.02. The molecule has 0 aliphatic carbocycles. The molecule has 0 bridgehead atoms. The molecule has 0 saturated heterocycles. The molecule has 0 aliphatic rings. The molecule has 0 unspecified atom stereocenters. The molecular weight excluding hydrogens is 332 g/mol. The second-order valence-electron chi connectivity index (χ2n) is 3.29. The van der Waals surface area contributed by atoms with Gasteiger partial charge < -0.3 is 4.74 Å². The van der Waals surface area contributed by atoms with Crippen LogP contribution in [-0.4, -0.2) is 0 Å². The Balaban J connectivity index is 2.19. The third kappa shape index (κ3) is 3.09. The summed E-state index contributed by atoms with van der Waals surface area (Å²) in [7, 11) is 0. The van der Waals surface area contributed by atoms with E-state index in [4.69, 9.17) is 4.74 Å². The van der Waals surface area contributed by atoms with Gasteiger partial charge in [0, 0.05) is 0 Å². The van der Waals surface area contributed by atoms with Crippen molar-refractivity contribution < 1.29 is 4.74 Å². The molecule has 0 spiro atoms. The topological polar surface area (TPSA) is 9.23 Å². The van der Waals surface area contributed by atoms with Crippen LogP contribution in [-0.2, 0) is 0 Å². The number of hydrogen-bond donors (Lipinski definition) is 0. The van der Waals surface area contributed by atoms with Crippen molar-refractivity contribution in [3.63, 3.8) is 0 Å². The predicted octanol–water partition coefficient (Wildman–Crippen LogP) is 5.27. The van der Waals surface area contributed by atoms with Gasteiger partial charge in [0.2, 0.25) is 0 Å². The molecule has 0 radical (unpaired) electrons. The fraction of sp³-hybridized carbons (Fsp3) is 0.0769. The molecule has 2 aromatic rings. The molecule has 1 nitrogen and oxygen atoms in total. The van der Waals surface area contributed by atoms with Crippen LogP contribution in [0.1, 0.15) is 9.30 Å². The van der Waals surface area contributed by atoms with Gasteiger partial charge in [0.15, 0.2) is 0 Å². The van der Waals surface area contributed by atoms with Gasteiger partial charge in [-0.2, -0.15) is 0 Å². The monoisotopic (exact) mass is 340 g/mol. The second-order valence-corrected chi connectivity index (χ2v) is 6.35. The van der Waals surface area contributed by atoms with E-state index in [0.717, 1.165) is 17.1 Å². The minimum Gasteiger partial charge on any atom is -0.457 e. The molecule has 0 aromatic heterocycles. The fourth-order valence-corrected chi connectivity index (χ4v) is 1.91. The Morgan fingerprint density at radius 3 is 2.19 bits per heavy atom. The van der Waals surface area contributed by atoms with Crippen molar-refractivity contribution in [3.05, 3.63) is 60.2 Å². The molecule has 0 amide bonds. The van der Waals surface area contributed by atoms with Gasteiger partial charge in [-0.1, -0.05) is 62.2 Å². The van der Waals surface area contributed by atoms with Gasteiger partial charge in [0.25, 0.3) is 0 Å². The van der Waals surface area contributed by atoms with Crippen LogP contribution in [0.15, 0.2) is 54.6 Å². The summed E-state index contributed by atoms with van der Waals surface area (Å²) < 4.78 is 5.88. The Bertz CT molecular complexity index is 454. The number of halogens is 2. The highest BCUT2D eigenvalue weighted by Crippen LogP contribution is 2.32. The van der Waals surface area contributed by atoms with Crippen LogP contribution in [0.5, 0.6) is 11.5 Å². The fourth-order valence-electron chi connectivity index (χ4n) is 1.34. The van der Waals surface area contributed by atoms with E-state index in [1.54, 1.807) is 0 Å². The van der Waals surface area contributed by atoms with Crippen LogP contribution in [0, 0.1) is 0 Å². The zero-order valence-electron chi connectivity index (χ0n) is 8.44. The summed E-state index contributed by atoms with van der Waals surface area (Å²) in [5.41, 5.74) is 1.13. The van der Waals surface area contributed by atoms with Crippen molar-refractivity contribution in [2.45, 2.75) is 3.74 Å². The lowest BCUT2D eigenvalue weighted by Crippen LogP contribution is -1.86. The van der Waals surface area contributed by atoms with Crippen molar-refractivity contribution in [2.24, 2.45) is 0 Å². The normalized spacial score (nSPS) is 10.4. The lowest BCUT2D eigenvalue weighted by Gasteiger charge is -2.08. The Morgan fingerprint density at radius 1 is 0.812 bits per heavy atom. The average Bonchev–Trinajstić information content (AvgIpc) is 2.30. The Morgan fingerprint density at radius 2 is 1.50 bits per heavy atom. The summed E-state index contributed by atoms with van der Waals surface area (Å²) in [4.78, 5) is 0. The molecule has 82 valence electrons. The van der Waals surface area contributed by atoms with E-state index in [9.17, 15) is 0 Å². The van der Waals surface area contributed by atoms with Gasteiger partial charge in [-0.05, 0) is 29.8 Å². The third-order valence-electron chi connectivity index (χ3n) is 2.09. The van der Waals surface area contributed by atoms with Crippen molar-refractivity contribution in [1.82, 2.24) is 0 Å². The van der Waals surface area contributed by atoms with Crippen molar-refractivity contribution in [3.8, 4) is 11.5 Å². The van der Waals surface area contributed by atoms with Crippen molar-refractivity contribution in [2.75, 3.05) is 0 Å². The molecule has 0 atom stereocenters. The second kappa shape index (κ2) is 5.51. The van der Waals surface area contributed by atoms with E-state index in [2.05, 4.69) is 31.9 Å². The molecular formula is C13H10Br2O. The molecule has 0 aliphatic heterocycles. The maximum absolute atomic E-state index is 5.73. The molecule has 0 N–H and O–H groups in total. The lowest BCUT2D eigenvalue weighted by atomic mass is 10.2. The number of para-hydroxylation sites is 1. The van der Waals surface area contributed by atoms with E-state index in [1.165, 1.54) is 0 Å². The summed E-state index contributed by atoms with van der Waals surface area (Å²) in [5.74, 6) is 1.69. The Labute approximate surface area is 112 Å². The SMILES string of the molecule is BrC(Br)c1cccc(Oc2ccccc2)c1. The summed E-state index contributed by atoms with van der Waals surface area (Å²) >= 11 is 6.93. The number of alkyl halides is 2. The van der Waals surface area contributed by atoms with Gasteiger partial charge in [-0.15, -0.1) is 0 Å². The first kappa shape index (κ1) is 11.7. The van der Waals surface area contributed by atoms with E-state index >= 15 is 0 Å². The van der Waals surface area contributed by atoms with E-state index in [-0.39, 0.29) is 3.74 Å². The first-order chi connectivity index (χ1) is 7.75.